The molecule has 0 bridgehead atoms. The summed E-state index contributed by atoms with van der Waals surface area (Å²) in [5.41, 5.74) is 0.800. The maximum Gasteiger partial charge on any atom is 0.413 e. The van der Waals surface area contributed by atoms with Gasteiger partial charge in [0.25, 0.3) is 0 Å². The normalized spacial score (nSPS) is 13.2. The SMILES string of the molecule is CCOC(=O)CCCC(=O)NC1=CC=C(SCC(=O)NC(=O)OC)CC1. The Labute approximate surface area is 156 Å². The molecule has 8 nitrogen and oxygen atoms in total. The smallest absolute Gasteiger partial charge is 0.413 e. The lowest BCUT2D eigenvalue weighted by atomic mass is 10.1. The van der Waals surface area contributed by atoms with Crippen LogP contribution in [0, 0.1) is 0 Å². The van der Waals surface area contributed by atoms with Gasteiger partial charge < -0.3 is 14.8 Å². The van der Waals surface area contributed by atoms with Gasteiger partial charge in [0.15, 0.2) is 0 Å². The van der Waals surface area contributed by atoms with Crippen molar-refractivity contribution in [3.63, 3.8) is 0 Å². The molecule has 0 saturated carbocycles. The van der Waals surface area contributed by atoms with Crippen LogP contribution in [0.4, 0.5) is 4.79 Å². The first kappa shape index (κ1) is 21.8. The summed E-state index contributed by atoms with van der Waals surface area (Å²) in [5.74, 6) is -0.738. The van der Waals surface area contributed by atoms with Crippen molar-refractivity contribution < 1.29 is 28.7 Å². The molecular weight excluding hydrogens is 360 g/mol. The quantitative estimate of drug-likeness (QED) is 0.585. The van der Waals surface area contributed by atoms with Crippen LogP contribution in [0.1, 0.15) is 39.0 Å². The molecule has 26 heavy (non-hydrogen) atoms. The van der Waals surface area contributed by atoms with Crippen LogP contribution in [-0.2, 0) is 23.9 Å². The van der Waals surface area contributed by atoms with Gasteiger partial charge in [0, 0.05) is 18.5 Å². The minimum absolute atomic E-state index is 0.115. The number of allylic oxidation sites excluding steroid dienone is 4. The number of imide groups is 1. The van der Waals surface area contributed by atoms with Crippen molar-refractivity contribution in [1.29, 1.82) is 0 Å². The first-order chi connectivity index (χ1) is 12.4. The highest BCUT2D eigenvalue weighted by molar-refractivity contribution is 8.03. The summed E-state index contributed by atoms with van der Waals surface area (Å²) >= 11 is 1.33. The maximum atomic E-state index is 11.9. The van der Waals surface area contributed by atoms with E-state index in [0.717, 1.165) is 10.6 Å². The van der Waals surface area contributed by atoms with E-state index in [9.17, 15) is 19.2 Å². The van der Waals surface area contributed by atoms with E-state index >= 15 is 0 Å². The molecule has 0 heterocycles. The highest BCUT2D eigenvalue weighted by Crippen LogP contribution is 2.26. The van der Waals surface area contributed by atoms with E-state index in [1.165, 1.54) is 18.9 Å². The highest BCUT2D eigenvalue weighted by atomic mass is 32.2. The summed E-state index contributed by atoms with van der Waals surface area (Å²) in [5, 5.41) is 4.91. The predicted molar refractivity (Wildman–Crippen MR) is 97.0 cm³/mol. The fourth-order valence-electron chi connectivity index (χ4n) is 2.07. The molecule has 144 valence electrons. The molecule has 0 saturated heterocycles. The number of amides is 3. The standard InChI is InChI=1S/C17H24N2O6S/c1-3-25-16(22)6-4-5-14(20)18-12-7-9-13(10-8-12)26-11-15(21)19-17(23)24-2/h7,9H,3-6,8,10-11H2,1-2H3,(H,18,20)(H,19,21,23). The van der Waals surface area contributed by atoms with Gasteiger partial charge in [-0.1, -0.05) is 6.08 Å². The van der Waals surface area contributed by atoms with Crippen molar-refractivity contribution in [3.05, 3.63) is 22.8 Å². The zero-order chi connectivity index (χ0) is 19.4. The second-order valence-electron chi connectivity index (χ2n) is 5.36. The minimum Gasteiger partial charge on any atom is -0.466 e. The number of ether oxygens (including phenoxy) is 2. The highest BCUT2D eigenvalue weighted by Gasteiger charge is 2.13. The van der Waals surface area contributed by atoms with Crippen molar-refractivity contribution in [2.24, 2.45) is 0 Å². The Morgan fingerprint density at radius 2 is 1.88 bits per heavy atom. The van der Waals surface area contributed by atoms with E-state index in [2.05, 4.69) is 15.4 Å². The van der Waals surface area contributed by atoms with E-state index in [-0.39, 0.29) is 30.5 Å². The molecule has 0 fully saturated rings. The average Bonchev–Trinajstić information content (AvgIpc) is 2.61. The molecule has 0 unspecified atom stereocenters. The Morgan fingerprint density at radius 3 is 2.50 bits per heavy atom. The van der Waals surface area contributed by atoms with Gasteiger partial charge in [-0.25, -0.2) is 4.79 Å². The van der Waals surface area contributed by atoms with E-state index < -0.39 is 12.0 Å². The zero-order valence-corrected chi connectivity index (χ0v) is 15.8. The number of hydrogen-bond acceptors (Lipinski definition) is 7. The number of esters is 1. The van der Waals surface area contributed by atoms with Gasteiger partial charge in [0.2, 0.25) is 11.8 Å². The Bertz CT molecular complexity index is 600. The van der Waals surface area contributed by atoms with Crippen LogP contribution in [0.3, 0.4) is 0 Å². The predicted octanol–water partition coefficient (Wildman–Crippen LogP) is 2.01. The van der Waals surface area contributed by atoms with E-state index in [0.29, 0.717) is 25.9 Å². The Hall–Kier alpha value is -2.29. The Morgan fingerprint density at radius 1 is 1.12 bits per heavy atom. The molecule has 0 aromatic heterocycles. The molecule has 1 rings (SSSR count). The summed E-state index contributed by atoms with van der Waals surface area (Å²) < 4.78 is 9.15. The third-order valence-corrected chi connectivity index (χ3v) is 4.43. The molecule has 9 heteroatoms. The summed E-state index contributed by atoms with van der Waals surface area (Å²) in [6.45, 7) is 2.08. The second kappa shape index (κ2) is 12.1. The van der Waals surface area contributed by atoms with Crippen LogP contribution < -0.4 is 10.6 Å². The number of thioether (sulfide) groups is 1. The molecule has 0 aromatic rings. The van der Waals surface area contributed by atoms with Gasteiger partial charge >= 0.3 is 12.1 Å². The topological polar surface area (TPSA) is 111 Å². The minimum atomic E-state index is -0.777. The molecule has 0 spiro atoms. The van der Waals surface area contributed by atoms with Crippen LogP contribution in [0.2, 0.25) is 0 Å². The zero-order valence-electron chi connectivity index (χ0n) is 15.0. The number of nitrogens with one attached hydrogen (secondary N) is 2. The first-order valence-electron chi connectivity index (χ1n) is 8.30. The molecule has 0 aromatic carbocycles. The number of hydrogen-bond donors (Lipinski definition) is 2. The van der Waals surface area contributed by atoms with Gasteiger partial charge in [0.05, 0.1) is 19.5 Å². The van der Waals surface area contributed by atoms with Crippen LogP contribution in [0.25, 0.3) is 0 Å². The molecule has 0 radical (unpaired) electrons. The summed E-state index contributed by atoms with van der Waals surface area (Å²) in [6.07, 6.45) is 5.16. The number of methoxy groups -OCH3 is 1. The number of carbonyl (C=O) groups excluding carboxylic acids is 4. The molecule has 2 N–H and O–H groups in total. The fraction of sp³-hybridized carbons (Fsp3) is 0.529. The third-order valence-electron chi connectivity index (χ3n) is 3.32. The number of alkyl carbamates (subject to hydrolysis) is 1. The first-order valence-corrected chi connectivity index (χ1v) is 9.29. The Balaban J connectivity index is 2.29. The lowest BCUT2D eigenvalue weighted by Crippen LogP contribution is -2.31. The van der Waals surface area contributed by atoms with E-state index in [1.807, 2.05) is 6.08 Å². The number of rotatable bonds is 9. The van der Waals surface area contributed by atoms with Gasteiger partial charge in [-0.15, -0.1) is 11.8 Å². The lowest BCUT2D eigenvalue weighted by Gasteiger charge is -2.15. The summed E-state index contributed by atoms with van der Waals surface area (Å²) in [7, 11) is 1.19. The van der Waals surface area contributed by atoms with Crippen molar-refractivity contribution in [2.45, 2.75) is 39.0 Å². The van der Waals surface area contributed by atoms with Crippen molar-refractivity contribution >= 4 is 35.6 Å². The van der Waals surface area contributed by atoms with Crippen molar-refractivity contribution in [3.8, 4) is 0 Å². The van der Waals surface area contributed by atoms with Gasteiger partial charge in [-0.2, -0.15) is 0 Å². The van der Waals surface area contributed by atoms with E-state index in [1.54, 1.807) is 13.0 Å². The van der Waals surface area contributed by atoms with Crippen LogP contribution >= 0.6 is 11.8 Å². The third kappa shape index (κ3) is 9.26. The summed E-state index contributed by atoms with van der Waals surface area (Å²) in [4.78, 5) is 46.4. The van der Waals surface area contributed by atoms with Crippen LogP contribution in [-0.4, -0.2) is 43.3 Å². The molecule has 3 amide bonds. The van der Waals surface area contributed by atoms with Gasteiger partial charge in [-0.05, 0) is 37.2 Å². The Kier molecular flexibility index (Phi) is 10.1. The molecule has 0 atom stereocenters. The van der Waals surface area contributed by atoms with Crippen molar-refractivity contribution in [2.75, 3.05) is 19.5 Å². The monoisotopic (exact) mass is 384 g/mol. The molecule has 1 aliphatic rings. The van der Waals surface area contributed by atoms with Crippen LogP contribution in [0.15, 0.2) is 22.8 Å². The van der Waals surface area contributed by atoms with Gasteiger partial charge in [-0.3, -0.25) is 19.7 Å². The van der Waals surface area contributed by atoms with E-state index in [4.69, 9.17) is 4.74 Å². The van der Waals surface area contributed by atoms with Crippen molar-refractivity contribution in [1.82, 2.24) is 10.6 Å². The number of carbonyl (C=O) groups is 4. The van der Waals surface area contributed by atoms with Gasteiger partial charge in [0.1, 0.15) is 0 Å². The average molecular weight is 384 g/mol. The summed E-state index contributed by atoms with van der Waals surface area (Å²) in [6, 6.07) is 0. The van der Waals surface area contributed by atoms with Crippen LogP contribution in [0.5, 0.6) is 0 Å². The fourth-order valence-corrected chi connectivity index (χ4v) is 2.87. The molecule has 0 aliphatic heterocycles. The molecular formula is C17H24N2O6S. The largest absolute Gasteiger partial charge is 0.466 e. The molecule has 1 aliphatic carbocycles. The lowest BCUT2D eigenvalue weighted by molar-refractivity contribution is -0.143. The maximum absolute atomic E-state index is 11.9. The second-order valence-corrected chi connectivity index (χ2v) is 6.46.